The van der Waals surface area contributed by atoms with E-state index in [0.717, 1.165) is 15.6 Å². The molecule has 0 aliphatic heterocycles. The van der Waals surface area contributed by atoms with Gasteiger partial charge in [0.15, 0.2) is 0 Å². The summed E-state index contributed by atoms with van der Waals surface area (Å²) < 4.78 is 22.3. The molecule has 5 heteroatoms. The molecule has 0 spiro atoms. The lowest BCUT2D eigenvalue weighted by Gasteiger charge is -2.11. The Hall–Kier alpha value is -1.56. The minimum absolute atomic E-state index is 0.477. The Morgan fingerprint density at radius 2 is 1.19 bits per heavy atom. The van der Waals surface area contributed by atoms with Gasteiger partial charge in [0.25, 0.3) is 0 Å². The quantitative estimate of drug-likeness (QED) is 0.649. The van der Waals surface area contributed by atoms with E-state index in [-0.39, 0.29) is 0 Å². The van der Waals surface area contributed by atoms with Gasteiger partial charge >= 0.3 is 0 Å². The molecule has 0 radical (unpaired) electrons. The van der Waals surface area contributed by atoms with Gasteiger partial charge in [0.2, 0.25) is 0 Å². The van der Waals surface area contributed by atoms with Gasteiger partial charge in [0.1, 0.15) is 0 Å². The fraction of sp³-hybridized carbons (Fsp3) is 0. The van der Waals surface area contributed by atoms with Crippen molar-refractivity contribution < 1.29 is 8.42 Å². The summed E-state index contributed by atoms with van der Waals surface area (Å²) >= 11 is 4.26. The van der Waals surface area contributed by atoms with E-state index in [4.69, 9.17) is 0 Å². The second-order valence-corrected chi connectivity index (χ2v) is 6.32. The largest absolute Gasteiger partial charge is 0.212 e. The molecule has 0 saturated heterocycles. The maximum atomic E-state index is 10.6. The predicted octanol–water partition coefficient (Wildman–Crippen LogP) is 3.20. The number of benzene rings is 1. The highest BCUT2D eigenvalue weighted by Crippen LogP contribution is 2.21. The molecule has 3 rings (SSSR count). The van der Waals surface area contributed by atoms with Gasteiger partial charge in [-0.2, -0.15) is 0 Å². The lowest BCUT2D eigenvalue weighted by molar-refractivity contribution is 0.700. The van der Waals surface area contributed by atoms with Crippen molar-refractivity contribution in [1.82, 2.24) is 0 Å². The molecular weight excluding hydrogens is 368 g/mol. The smallest absolute Gasteiger partial charge is 0.0965 e. The Labute approximate surface area is 138 Å². The molecule has 0 bridgehead atoms. The van der Waals surface area contributed by atoms with Gasteiger partial charge in [0, 0.05) is 4.47 Å². The third-order valence-electron chi connectivity index (χ3n) is 2.71. The van der Waals surface area contributed by atoms with E-state index in [1.807, 2.05) is 54.6 Å². The topological polar surface area (TPSA) is 34.1 Å². The standard InChI is InChI=1S/C10H6O2S2.C6H5Br/c11-13-9-3-1-7-5-10(14-12)4-2-8(7)6-9;7-6-4-2-1-3-5-6/h1-6H;1-5H. The molecule has 0 saturated carbocycles. The number of rotatable bonds is 0. The molecule has 0 fully saturated rings. The van der Waals surface area contributed by atoms with Crippen molar-refractivity contribution in [3.8, 4) is 0 Å². The Balaban J connectivity index is 0.000000194. The Bertz CT molecular complexity index is 713. The summed E-state index contributed by atoms with van der Waals surface area (Å²) in [6.45, 7) is 0. The first-order chi connectivity index (χ1) is 10.2. The van der Waals surface area contributed by atoms with E-state index in [2.05, 4.69) is 15.9 Å². The first-order valence-electron chi connectivity index (χ1n) is 6.07. The first-order valence-corrected chi connectivity index (χ1v) is 8.34. The molecule has 0 atom stereocenters. The van der Waals surface area contributed by atoms with E-state index >= 15 is 0 Å². The second kappa shape index (κ2) is 8.02. The van der Waals surface area contributed by atoms with Crippen LogP contribution in [0.3, 0.4) is 0 Å². The number of hydrogen-bond acceptors (Lipinski definition) is 2. The van der Waals surface area contributed by atoms with Crippen LogP contribution in [-0.2, 0) is 22.5 Å². The van der Waals surface area contributed by atoms with Crippen molar-refractivity contribution in [2.45, 2.75) is 0 Å². The van der Waals surface area contributed by atoms with Crippen molar-refractivity contribution in [1.29, 1.82) is 0 Å². The lowest BCUT2D eigenvalue weighted by Crippen LogP contribution is -2.04. The summed E-state index contributed by atoms with van der Waals surface area (Å²) in [5, 5.41) is 0. The normalized spacial score (nSPS) is 15.3. The molecule has 0 amide bonds. The second-order valence-electron chi connectivity index (χ2n) is 4.13. The lowest BCUT2D eigenvalue weighted by atomic mass is 9.95. The first kappa shape index (κ1) is 15.8. The Morgan fingerprint density at radius 3 is 1.52 bits per heavy atom. The van der Waals surface area contributed by atoms with Crippen LogP contribution in [-0.4, -0.2) is 18.1 Å². The molecule has 1 aromatic rings. The maximum Gasteiger partial charge on any atom is 0.0965 e. The van der Waals surface area contributed by atoms with Gasteiger partial charge in [-0.3, -0.25) is 0 Å². The SMILES string of the molecule is Brc1ccccc1.O=S=C1C=CC2=CC(=S=O)C=CC2=C1. The summed E-state index contributed by atoms with van der Waals surface area (Å²) in [5.74, 6) is 0. The summed E-state index contributed by atoms with van der Waals surface area (Å²) in [6, 6.07) is 9.97. The average molecular weight is 379 g/mol. The number of fused-ring (bicyclic) bond motifs is 1. The minimum Gasteiger partial charge on any atom is -0.212 e. The Kier molecular flexibility index (Phi) is 6.04. The predicted molar refractivity (Wildman–Crippen MR) is 94.9 cm³/mol. The monoisotopic (exact) mass is 378 g/mol. The van der Waals surface area contributed by atoms with E-state index in [1.54, 1.807) is 12.2 Å². The summed E-state index contributed by atoms with van der Waals surface area (Å²) in [6.07, 6.45) is 10.9. The van der Waals surface area contributed by atoms with E-state index in [0.29, 0.717) is 32.2 Å². The van der Waals surface area contributed by atoms with Crippen LogP contribution < -0.4 is 0 Å². The summed E-state index contributed by atoms with van der Waals surface area (Å²) in [4.78, 5) is 1.39. The summed E-state index contributed by atoms with van der Waals surface area (Å²) in [7, 11) is 0. The minimum atomic E-state index is 0.477. The number of halogens is 1. The molecule has 106 valence electrons. The molecule has 0 heterocycles. The van der Waals surface area contributed by atoms with Gasteiger partial charge in [-0.1, -0.05) is 46.3 Å². The molecule has 0 aromatic heterocycles. The van der Waals surface area contributed by atoms with E-state index < -0.39 is 0 Å². The van der Waals surface area contributed by atoms with Crippen LogP contribution in [0, 0.1) is 0 Å². The molecule has 21 heavy (non-hydrogen) atoms. The molecular formula is C16H11BrO2S2. The van der Waals surface area contributed by atoms with E-state index in [1.165, 1.54) is 0 Å². The highest BCUT2D eigenvalue weighted by Gasteiger charge is 2.10. The number of hydrogen-bond donors (Lipinski definition) is 0. The van der Waals surface area contributed by atoms with Gasteiger partial charge in [-0.15, -0.1) is 0 Å². The Morgan fingerprint density at radius 1 is 0.714 bits per heavy atom. The van der Waals surface area contributed by atoms with Crippen LogP contribution in [0.5, 0.6) is 0 Å². The van der Waals surface area contributed by atoms with Gasteiger partial charge in [-0.05, 0) is 47.6 Å². The van der Waals surface area contributed by atoms with Crippen molar-refractivity contribution >= 4 is 48.2 Å². The molecule has 0 unspecified atom stereocenters. The van der Waals surface area contributed by atoms with Crippen molar-refractivity contribution in [2.75, 3.05) is 0 Å². The third-order valence-corrected chi connectivity index (χ3v) is 4.13. The van der Waals surface area contributed by atoms with Gasteiger partial charge < -0.3 is 0 Å². The van der Waals surface area contributed by atoms with Crippen LogP contribution in [0.1, 0.15) is 0 Å². The molecule has 2 aliphatic rings. The van der Waals surface area contributed by atoms with E-state index in [9.17, 15) is 8.42 Å². The van der Waals surface area contributed by atoms with Gasteiger partial charge in [-0.25, -0.2) is 8.42 Å². The fourth-order valence-electron chi connectivity index (χ4n) is 1.72. The zero-order chi connectivity index (χ0) is 15.1. The van der Waals surface area contributed by atoms with Crippen LogP contribution in [0.2, 0.25) is 0 Å². The van der Waals surface area contributed by atoms with Crippen LogP contribution >= 0.6 is 15.9 Å². The maximum absolute atomic E-state index is 10.6. The fourth-order valence-corrected chi connectivity index (χ4v) is 2.62. The molecule has 2 nitrogen and oxygen atoms in total. The zero-order valence-corrected chi connectivity index (χ0v) is 14.1. The molecule has 2 aliphatic carbocycles. The van der Waals surface area contributed by atoms with Gasteiger partial charge in [0.05, 0.1) is 32.2 Å². The zero-order valence-electron chi connectivity index (χ0n) is 10.9. The summed E-state index contributed by atoms with van der Waals surface area (Å²) in [5.41, 5.74) is 1.98. The average Bonchev–Trinajstić information content (AvgIpc) is 2.55. The highest BCUT2D eigenvalue weighted by molar-refractivity contribution is 9.10. The van der Waals surface area contributed by atoms with Crippen LogP contribution in [0.4, 0.5) is 0 Å². The third kappa shape index (κ3) is 4.74. The van der Waals surface area contributed by atoms with Crippen molar-refractivity contribution in [3.63, 3.8) is 0 Å². The van der Waals surface area contributed by atoms with Crippen molar-refractivity contribution in [3.05, 3.63) is 82.4 Å². The molecule has 1 aromatic carbocycles. The molecule has 0 N–H and O–H groups in total. The van der Waals surface area contributed by atoms with Crippen molar-refractivity contribution in [2.24, 2.45) is 0 Å². The van der Waals surface area contributed by atoms with Crippen LogP contribution in [0.15, 0.2) is 82.4 Å². The number of allylic oxidation sites excluding steroid dienone is 8. The highest BCUT2D eigenvalue weighted by atomic mass is 79.9. The van der Waals surface area contributed by atoms with Crippen LogP contribution in [0.25, 0.3) is 0 Å².